The molecule has 0 N–H and O–H groups in total. The lowest BCUT2D eigenvalue weighted by Gasteiger charge is -2.11. The van der Waals surface area contributed by atoms with Crippen molar-refractivity contribution in [3.8, 4) is 0 Å². The maximum Gasteiger partial charge on any atom is 0.348 e. The molecule has 0 saturated heterocycles. The van der Waals surface area contributed by atoms with Crippen molar-refractivity contribution in [1.29, 1.82) is 0 Å². The smallest absolute Gasteiger partial charge is 0.348 e. The van der Waals surface area contributed by atoms with Gasteiger partial charge in [-0.15, -0.1) is 11.3 Å². The van der Waals surface area contributed by atoms with Crippen molar-refractivity contribution in [3.63, 3.8) is 0 Å². The van der Waals surface area contributed by atoms with Crippen LogP contribution in [0.25, 0.3) is 0 Å². The fraction of sp³-hybridized carbons (Fsp3) is 0.500. The highest BCUT2D eigenvalue weighted by Gasteiger charge is 2.12. The second-order valence-electron chi connectivity index (χ2n) is 2.85. The molecule has 0 spiro atoms. The molecule has 0 radical (unpaired) electrons. The highest BCUT2D eigenvalue weighted by atomic mass is 32.1. The summed E-state index contributed by atoms with van der Waals surface area (Å²) in [5.74, 6) is -0.271. The van der Waals surface area contributed by atoms with E-state index in [2.05, 4.69) is 0 Å². The van der Waals surface area contributed by atoms with Crippen LogP contribution < -0.4 is 0 Å². The Morgan fingerprint density at radius 2 is 2.43 bits per heavy atom. The Balaban J connectivity index is 2.34. The molecule has 0 aromatic carbocycles. The minimum absolute atomic E-state index is 0.190. The summed E-state index contributed by atoms with van der Waals surface area (Å²) in [6.45, 7) is 4.82. The van der Waals surface area contributed by atoms with Crippen LogP contribution in [-0.2, 0) is 9.47 Å². The van der Waals surface area contributed by atoms with Crippen molar-refractivity contribution in [2.24, 2.45) is 0 Å². The molecule has 1 aromatic heterocycles. The first-order chi connectivity index (χ1) is 6.74. The SMILES string of the molecule is CCOC[C@H](C)OC(=O)c1cccs1. The number of esters is 1. The third-order valence-corrected chi connectivity index (χ3v) is 2.44. The molecule has 0 amide bonds. The summed E-state index contributed by atoms with van der Waals surface area (Å²) in [6.07, 6.45) is -0.190. The predicted molar refractivity (Wildman–Crippen MR) is 55.7 cm³/mol. The van der Waals surface area contributed by atoms with Gasteiger partial charge >= 0.3 is 5.97 Å². The van der Waals surface area contributed by atoms with E-state index < -0.39 is 0 Å². The molecule has 4 heteroatoms. The van der Waals surface area contributed by atoms with Crippen LogP contribution in [0.15, 0.2) is 17.5 Å². The monoisotopic (exact) mass is 214 g/mol. The Bertz CT molecular complexity index is 269. The van der Waals surface area contributed by atoms with Crippen molar-refractivity contribution in [2.45, 2.75) is 20.0 Å². The zero-order chi connectivity index (χ0) is 10.4. The molecule has 0 aliphatic rings. The second-order valence-corrected chi connectivity index (χ2v) is 3.80. The normalized spacial score (nSPS) is 12.4. The topological polar surface area (TPSA) is 35.5 Å². The number of carbonyl (C=O) groups excluding carboxylic acids is 1. The summed E-state index contributed by atoms with van der Waals surface area (Å²) in [5, 5.41) is 1.85. The number of rotatable bonds is 5. The van der Waals surface area contributed by atoms with Crippen molar-refractivity contribution in [3.05, 3.63) is 22.4 Å². The Labute approximate surface area is 87.7 Å². The number of hydrogen-bond donors (Lipinski definition) is 0. The van der Waals surface area contributed by atoms with E-state index in [-0.39, 0.29) is 12.1 Å². The van der Waals surface area contributed by atoms with Crippen LogP contribution in [0, 0.1) is 0 Å². The quantitative estimate of drug-likeness (QED) is 0.706. The first-order valence-electron chi connectivity index (χ1n) is 4.56. The summed E-state index contributed by atoms with van der Waals surface area (Å²) in [7, 11) is 0. The van der Waals surface area contributed by atoms with Crippen LogP contribution in [-0.4, -0.2) is 25.3 Å². The third kappa shape index (κ3) is 3.47. The van der Waals surface area contributed by atoms with Crippen LogP contribution in [0.3, 0.4) is 0 Å². The summed E-state index contributed by atoms with van der Waals surface area (Å²) in [5.41, 5.74) is 0. The first kappa shape index (κ1) is 11.2. The second kappa shape index (κ2) is 5.78. The summed E-state index contributed by atoms with van der Waals surface area (Å²) in [4.78, 5) is 12.0. The molecule has 0 bridgehead atoms. The van der Waals surface area contributed by atoms with E-state index in [9.17, 15) is 4.79 Å². The zero-order valence-electron chi connectivity index (χ0n) is 8.36. The molecule has 0 fully saturated rings. The Morgan fingerprint density at radius 3 is 3.00 bits per heavy atom. The molecule has 3 nitrogen and oxygen atoms in total. The third-order valence-electron chi connectivity index (χ3n) is 1.59. The van der Waals surface area contributed by atoms with Crippen LogP contribution in [0.4, 0.5) is 0 Å². The molecular formula is C10H14O3S. The van der Waals surface area contributed by atoms with Crippen LogP contribution >= 0.6 is 11.3 Å². The molecule has 1 rings (SSSR count). The van der Waals surface area contributed by atoms with Crippen molar-refractivity contribution >= 4 is 17.3 Å². The fourth-order valence-corrected chi connectivity index (χ4v) is 1.56. The lowest BCUT2D eigenvalue weighted by Crippen LogP contribution is -2.19. The molecule has 0 aliphatic carbocycles. The van der Waals surface area contributed by atoms with E-state index in [1.165, 1.54) is 11.3 Å². The molecule has 1 heterocycles. The lowest BCUT2D eigenvalue weighted by atomic mass is 10.4. The number of thiophene rings is 1. The average molecular weight is 214 g/mol. The van der Waals surface area contributed by atoms with Gasteiger partial charge in [0.25, 0.3) is 0 Å². The minimum atomic E-state index is -0.271. The van der Waals surface area contributed by atoms with Crippen molar-refractivity contribution in [1.82, 2.24) is 0 Å². The van der Waals surface area contributed by atoms with Gasteiger partial charge < -0.3 is 9.47 Å². The predicted octanol–water partition coefficient (Wildman–Crippen LogP) is 2.33. The van der Waals surface area contributed by atoms with Gasteiger partial charge in [-0.05, 0) is 25.3 Å². The van der Waals surface area contributed by atoms with Crippen LogP contribution in [0.5, 0.6) is 0 Å². The number of ether oxygens (including phenoxy) is 2. The van der Waals surface area contributed by atoms with Gasteiger partial charge in [-0.3, -0.25) is 0 Å². The van der Waals surface area contributed by atoms with Gasteiger partial charge in [0.2, 0.25) is 0 Å². The van der Waals surface area contributed by atoms with Crippen molar-refractivity contribution in [2.75, 3.05) is 13.2 Å². The summed E-state index contributed by atoms with van der Waals surface area (Å²) >= 11 is 1.38. The molecule has 1 atom stereocenters. The lowest BCUT2D eigenvalue weighted by molar-refractivity contribution is 0.00484. The molecule has 14 heavy (non-hydrogen) atoms. The van der Waals surface area contributed by atoms with Gasteiger partial charge in [0.15, 0.2) is 0 Å². The van der Waals surface area contributed by atoms with Gasteiger partial charge in [-0.25, -0.2) is 4.79 Å². The molecule has 0 aliphatic heterocycles. The van der Waals surface area contributed by atoms with Gasteiger partial charge in [0, 0.05) is 6.61 Å². The van der Waals surface area contributed by atoms with E-state index in [0.29, 0.717) is 18.1 Å². The number of carbonyl (C=O) groups is 1. The highest BCUT2D eigenvalue weighted by molar-refractivity contribution is 7.11. The van der Waals surface area contributed by atoms with E-state index >= 15 is 0 Å². The standard InChI is InChI=1S/C10H14O3S/c1-3-12-7-8(2)13-10(11)9-5-4-6-14-9/h4-6,8H,3,7H2,1-2H3/t8-/m0/s1. The number of hydrogen-bond acceptors (Lipinski definition) is 4. The van der Waals surface area contributed by atoms with E-state index in [0.717, 1.165) is 0 Å². The Hall–Kier alpha value is -0.870. The van der Waals surface area contributed by atoms with Crippen LogP contribution in [0.1, 0.15) is 23.5 Å². The first-order valence-corrected chi connectivity index (χ1v) is 5.44. The summed E-state index contributed by atoms with van der Waals surface area (Å²) in [6, 6.07) is 3.58. The molecule has 78 valence electrons. The Morgan fingerprint density at radius 1 is 1.64 bits per heavy atom. The van der Waals surface area contributed by atoms with Gasteiger partial charge in [-0.1, -0.05) is 6.07 Å². The van der Waals surface area contributed by atoms with Gasteiger partial charge in [0.05, 0.1) is 6.61 Å². The Kier molecular flexibility index (Phi) is 4.62. The molecule has 0 unspecified atom stereocenters. The minimum Gasteiger partial charge on any atom is -0.456 e. The van der Waals surface area contributed by atoms with E-state index in [1.54, 1.807) is 6.07 Å². The van der Waals surface area contributed by atoms with Gasteiger partial charge in [0.1, 0.15) is 11.0 Å². The van der Waals surface area contributed by atoms with E-state index in [4.69, 9.17) is 9.47 Å². The molecular weight excluding hydrogens is 200 g/mol. The maximum absolute atomic E-state index is 11.4. The van der Waals surface area contributed by atoms with Gasteiger partial charge in [-0.2, -0.15) is 0 Å². The average Bonchev–Trinajstić information content (AvgIpc) is 2.67. The van der Waals surface area contributed by atoms with Crippen molar-refractivity contribution < 1.29 is 14.3 Å². The fourth-order valence-electron chi connectivity index (χ4n) is 0.953. The molecule has 0 saturated carbocycles. The van der Waals surface area contributed by atoms with Crippen LogP contribution in [0.2, 0.25) is 0 Å². The maximum atomic E-state index is 11.4. The largest absolute Gasteiger partial charge is 0.456 e. The zero-order valence-corrected chi connectivity index (χ0v) is 9.17. The highest BCUT2D eigenvalue weighted by Crippen LogP contribution is 2.11. The van der Waals surface area contributed by atoms with E-state index in [1.807, 2.05) is 25.3 Å². The molecule has 1 aromatic rings. The summed E-state index contributed by atoms with van der Waals surface area (Å²) < 4.78 is 10.3.